The van der Waals surface area contributed by atoms with Crippen molar-refractivity contribution in [1.29, 1.82) is 0 Å². The number of hydrogen-bond acceptors (Lipinski definition) is 5. The van der Waals surface area contributed by atoms with Crippen LogP contribution in [0.5, 0.6) is 0 Å². The number of phosphoric ester groups is 1. The van der Waals surface area contributed by atoms with Crippen LogP contribution in [0.3, 0.4) is 0 Å². The van der Waals surface area contributed by atoms with Crippen molar-refractivity contribution in [3.63, 3.8) is 0 Å². The first kappa shape index (κ1) is 16.0. The van der Waals surface area contributed by atoms with Crippen molar-refractivity contribution in [3.05, 3.63) is 26.9 Å². The van der Waals surface area contributed by atoms with E-state index in [0.29, 0.717) is 4.88 Å². The largest absolute Gasteiger partial charge is 0.530 e. The fraction of sp³-hybridized carbons (Fsp3) is 0.400. The molecule has 0 spiro atoms. The quantitative estimate of drug-likeness (QED) is 0.518. The molecule has 1 heterocycles. The average Bonchev–Trinajstić information content (AvgIpc) is 2.79. The van der Waals surface area contributed by atoms with Crippen LogP contribution in [0.25, 0.3) is 5.76 Å². The molecule has 0 unspecified atom stereocenters. The average molecular weight is 331 g/mol. The van der Waals surface area contributed by atoms with E-state index in [1.165, 1.54) is 11.3 Å². The highest BCUT2D eigenvalue weighted by molar-refractivity contribution is 7.48. The molecule has 0 fully saturated rings. The van der Waals surface area contributed by atoms with Crippen LogP contribution >= 0.6 is 42.4 Å². The van der Waals surface area contributed by atoms with Gasteiger partial charge in [-0.3, -0.25) is 9.05 Å². The Labute approximate surface area is 120 Å². The molecule has 102 valence electrons. The molecular formula is C10H13Cl2O4PS. The fourth-order valence-electron chi connectivity index (χ4n) is 1.10. The second-order valence-corrected chi connectivity index (χ2v) is 6.43. The van der Waals surface area contributed by atoms with Gasteiger partial charge < -0.3 is 4.52 Å². The molecule has 0 aliphatic heterocycles. The topological polar surface area (TPSA) is 44.8 Å². The van der Waals surface area contributed by atoms with E-state index in [0.717, 1.165) is 0 Å². The van der Waals surface area contributed by atoms with E-state index >= 15 is 0 Å². The van der Waals surface area contributed by atoms with Gasteiger partial charge in [0, 0.05) is 0 Å². The predicted octanol–water partition coefficient (Wildman–Crippen LogP) is 5.05. The summed E-state index contributed by atoms with van der Waals surface area (Å²) in [5.74, 6) is 0.0959. The first-order valence-corrected chi connectivity index (χ1v) is 8.30. The molecule has 0 N–H and O–H groups in total. The molecule has 0 radical (unpaired) electrons. The van der Waals surface area contributed by atoms with Crippen molar-refractivity contribution >= 4 is 48.1 Å². The second kappa shape index (κ2) is 7.53. The zero-order valence-electron chi connectivity index (χ0n) is 9.89. The summed E-state index contributed by atoms with van der Waals surface area (Å²) < 4.78 is 27.4. The molecule has 0 saturated heterocycles. The summed E-state index contributed by atoms with van der Waals surface area (Å²) in [7, 11) is -3.69. The maximum absolute atomic E-state index is 12.2. The molecule has 0 aliphatic rings. The third-order valence-corrected chi connectivity index (χ3v) is 4.46. The van der Waals surface area contributed by atoms with Crippen molar-refractivity contribution in [1.82, 2.24) is 0 Å². The second-order valence-electron chi connectivity index (χ2n) is 2.94. The van der Waals surface area contributed by atoms with Gasteiger partial charge in [-0.25, -0.2) is 4.57 Å². The highest BCUT2D eigenvalue weighted by atomic mass is 35.5. The number of rotatable bonds is 7. The Hall–Kier alpha value is -0.0300. The first-order valence-electron chi connectivity index (χ1n) is 5.20. The normalized spacial score (nSPS) is 11.3. The lowest BCUT2D eigenvalue weighted by atomic mass is 10.4. The first-order chi connectivity index (χ1) is 8.52. The van der Waals surface area contributed by atoms with E-state index < -0.39 is 7.82 Å². The molecule has 18 heavy (non-hydrogen) atoms. The molecule has 0 aliphatic carbocycles. The van der Waals surface area contributed by atoms with Crippen molar-refractivity contribution in [3.8, 4) is 0 Å². The van der Waals surface area contributed by atoms with Crippen LogP contribution in [0.2, 0.25) is 0 Å². The van der Waals surface area contributed by atoms with Gasteiger partial charge in [-0.2, -0.15) is 0 Å². The van der Waals surface area contributed by atoms with Crippen molar-refractivity contribution < 1.29 is 18.1 Å². The molecule has 1 aromatic rings. The Morgan fingerprint density at radius 1 is 1.33 bits per heavy atom. The van der Waals surface area contributed by atoms with Crippen LogP contribution in [0.15, 0.2) is 22.0 Å². The predicted molar refractivity (Wildman–Crippen MR) is 74.9 cm³/mol. The fourth-order valence-corrected chi connectivity index (χ4v) is 3.60. The highest BCUT2D eigenvalue weighted by Gasteiger charge is 2.30. The highest BCUT2D eigenvalue weighted by Crippen LogP contribution is 2.54. The lowest BCUT2D eigenvalue weighted by Gasteiger charge is -2.18. The van der Waals surface area contributed by atoms with E-state index in [4.69, 9.17) is 36.8 Å². The van der Waals surface area contributed by atoms with Gasteiger partial charge in [0.05, 0.1) is 18.1 Å². The molecule has 1 rings (SSSR count). The molecule has 0 atom stereocenters. The summed E-state index contributed by atoms with van der Waals surface area (Å²) in [4.78, 5) is 0.648. The number of phosphoric acid groups is 1. The summed E-state index contributed by atoms with van der Waals surface area (Å²) in [6.45, 7) is 3.75. The van der Waals surface area contributed by atoms with Crippen molar-refractivity contribution in [2.45, 2.75) is 13.8 Å². The van der Waals surface area contributed by atoms with Gasteiger partial charge in [-0.15, -0.1) is 11.3 Å². The van der Waals surface area contributed by atoms with E-state index in [-0.39, 0.29) is 23.5 Å². The van der Waals surface area contributed by atoms with Crippen LogP contribution in [0.1, 0.15) is 18.7 Å². The number of halogens is 2. The lowest BCUT2D eigenvalue weighted by molar-refractivity contribution is 0.159. The minimum Gasteiger partial charge on any atom is -0.400 e. The van der Waals surface area contributed by atoms with Gasteiger partial charge >= 0.3 is 7.82 Å². The zero-order valence-corrected chi connectivity index (χ0v) is 13.1. The summed E-state index contributed by atoms with van der Waals surface area (Å²) in [5.41, 5.74) is 0. The lowest BCUT2D eigenvalue weighted by Crippen LogP contribution is -2.00. The van der Waals surface area contributed by atoms with Gasteiger partial charge in [0.2, 0.25) is 0 Å². The van der Waals surface area contributed by atoms with Crippen LogP contribution in [-0.4, -0.2) is 13.2 Å². The molecule has 0 bridgehead atoms. The summed E-state index contributed by atoms with van der Waals surface area (Å²) in [6, 6.07) is 3.54. The Balaban J connectivity index is 2.97. The van der Waals surface area contributed by atoms with E-state index in [1.54, 1.807) is 26.0 Å². The van der Waals surface area contributed by atoms with Crippen LogP contribution in [-0.2, 0) is 18.1 Å². The maximum Gasteiger partial charge on any atom is 0.530 e. The number of thiophene rings is 1. The molecular weight excluding hydrogens is 318 g/mol. The monoisotopic (exact) mass is 330 g/mol. The summed E-state index contributed by atoms with van der Waals surface area (Å²) in [6.07, 6.45) is 0. The number of hydrogen-bond donors (Lipinski definition) is 0. The Bertz CT molecular complexity index is 433. The van der Waals surface area contributed by atoms with Crippen LogP contribution in [0, 0.1) is 0 Å². The standard InChI is InChI=1S/C10H13Cl2O4PS/c1-3-14-17(13,15-4-2)16-9(10(11)12)8-6-5-7-18-8/h5-7H,3-4H2,1-2H3. The summed E-state index contributed by atoms with van der Waals surface area (Å²) in [5, 5.41) is 1.82. The maximum atomic E-state index is 12.2. The van der Waals surface area contributed by atoms with E-state index in [2.05, 4.69) is 0 Å². The molecule has 0 saturated carbocycles. The van der Waals surface area contributed by atoms with E-state index in [1.807, 2.05) is 5.38 Å². The van der Waals surface area contributed by atoms with E-state index in [9.17, 15) is 4.57 Å². The van der Waals surface area contributed by atoms with Crippen molar-refractivity contribution in [2.24, 2.45) is 0 Å². The summed E-state index contributed by atoms with van der Waals surface area (Å²) >= 11 is 12.8. The van der Waals surface area contributed by atoms with Gasteiger partial charge in [-0.05, 0) is 25.3 Å². The molecule has 4 nitrogen and oxygen atoms in total. The van der Waals surface area contributed by atoms with Gasteiger partial charge in [-0.1, -0.05) is 29.3 Å². The van der Waals surface area contributed by atoms with Gasteiger partial charge in [0.25, 0.3) is 0 Å². The molecule has 8 heteroatoms. The van der Waals surface area contributed by atoms with Crippen LogP contribution in [0.4, 0.5) is 0 Å². The minimum absolute atomic E-state index is 0.0959. The zero-order chi connectivity index (χ0) is 13.6. The van der Waals surface area contributed by atoms with Gasteiger partial charge in [0.15, 0.2) is 10.3 Å². The molecule has 0 aromatic carbocycles. The molecule has 0 amide bonds. The minimum atomic E-state index is -3.69. The third kappa shape index (κ3) is 4.57. The van der Waals surface area contributed by atoms with Gasteiger partial charge in [0.1, 0.15) is 0 Å². The Kier molecular flexibility index (Phi) is 6.71. The SMILES string of the molecule is CCOP(=O)(OCC)OC(=C(Cl)Cl)c1cccs1. The Morgan fingerprint density at radius 3 is 2.33 bits per heavy atom. The van der Waals surface area contributed by atoms with Crippen molar-refractivity contribution in [2.75, 3.05) is 13.2 Å². The Morgan fingerprint density at radius 2 is 1.94 bits per heavy atom. The third-order valence-electron chi connectivity index (χ3n) is 1.69. The smallest absolute Gasteiger partial charge is 0.400 e. The molecule has 1 aromatic heterocycles. The van der Waals surface area contributed by atoms with Crippen LogP contribution < -0.4 is 0 Å².